The van der Waals surface area contributed by atoms with Gasteiger partial charge in [-0.2, -0.15) is 0 Å². The predicted octanol–water partition coefficient (Wildman–Crippen LogP) is 1.88. The Bertz CT molecular complexity index is 694. The van der Waals surface area contributed by atoms with Crippen LogP contribution in [-0.4, -0.2) is 58.2 Å². The summed E-state index contributed by atoms with van der Waals surface area (Å²) in [6, 6.07) is 4.11. The largest absolute Gasteiger partial charge is 0.370 e. The summed E-state index contributed by atoms with van der Waals surface area (Å²) < 4.78 is 19.3. The summed E-state index contributed by atoms with van der Waals surface area (Å²) in [4.78, 5) is 16.9. The minimum atomic E-state index is -0.409. The Morgan fingerprint density at radius 3 is 2.72 bits per heavy atom. The number of halogens is 1. The molecule has 0 aromatic carbocycles. The Morgan fingerprint density at radius 1 is 1.12 bits per heavy atom. The first-order valence-corrected chi connectivity index (χ1v) is 8.70. The fourth-order valence-corrected chi connectivity index (χ4v) is 3.79. The van der Waals surface area contributed by atoms with E-state index < -0.39 is 5.82 Å². The maximum absolute atomic E-state index is 13.1. The number of rotatable bonds is 3. The lowest BCUT2D eigenvalue weighted by atomic mass is 9.90. The Kier molecular flexibility index (Phi) is 4.59. The molecule has 1 spiro atoms. The van der Waals surface area contributed by atoms with Crippen molar-refractivity contribution in [1.82, 2.24) is 19.9 Å². The molecule has 0 bridgehead atoms. The molecule has 2 saturated heterocycles. The number of ether oxygens (including phenoxy) is 1. The van der Waals surface area contributed by atoms with Crippen LogP contribution in [0.4, 0.5) is 10.3 Å². The van der Waals surface area contributed by atoms with Gasteiger partial charge in [0.25, 0.3) is 0 Å². The molecule has 25 heavy (non-hydrogen) atoms. The second-order valence-electron chi connectivity index (χ2n) is 6.82. The van der Waals surface area contributed by atoms with E-state index >= 15 is 0 Å². The number of hydrogen-bond acceptors (Lipinski definition) is 6. The van der Waals surface area contributed by atoms with Gasteiger partial charge in [0.15, 0.2) is 5.82 Å². The van der Waals surface area contributed by atoms with Crippen LogP contribution in [0.15, 0.2) is 36.9 Å². The molecule has 0 unspecified atom stereocenters. The molecular formula is C18H22FN5O. The normalized spacial score (nSPS) is 24.6. The van der Waals surface area contributed by atoms with Gasteiger partial charge in [-0.25, -0.2) is 14.4 Å². The van der Waals surface area contributed by atoms with E-state index in [1.54, 1.807) is 0 Å². The molecule has 0 N–H and O–H groups in total. The molecule has 0 amide bonds. The number of piperidine rings is 1. The van der Waals surface area contributed by atoms with Gasteiger partial charge in [0, 0.05) is 38.6 Å². The molecule has 2 aliphatic rings. The maximum atomic E-state index is 13.1. The highest BCUT2D eigenvalue weighted by molar-refractivity contribution is 5.31. The summed E-state index contributed by atoms with van der Waals surface area (Å²) in [6.45, 7) is 5.06. The molecule has 132 valence electrons. The van der Waals surface area contributed by atoms with Crippen molar-refractivity contribution in [3.63, 3.8) is 0 Å². The summed E-state index contributed by atoms with van der Waals surface area (Å²) >= 11 is 0. The summed E-state index contributed by atoms with van der Waals surface area (Å²) in [7, 11) is 0. The molecule has 2 fully saturated rings. The van der Waals surface area contributed by atoms with Crippen molar-refractivity contribution in [2.75, 3.05) is 37.7 Å². The third-order valence-corrected chi connectivity index (χ3v) is 4.91. The maximum Gasteiger partial charge on any atom is 0.225 e. The lowest BCUT2D eigenvalue weighted by molar-refractivity contribution is -0.116. The number of nitrogens with zero attached hydrogens (tertiary/aromatic N) is 5. The third-order valence-electron chi connectivity index (χ3n) is 4.91. The molecule has 0 radical (unpaired) electrons. The topological polar surface area (TPSA) is 54.4 Å². The SMILES string of the molecule is Fc1cnc(N2CCC[C@@]3(CN(Cc4ccncc4)CCO3)C2)nc1. The van der Waals surface area contributed by atoms with E-state index in [9.17, 15) is 4.39 Å². The smallest absolute Gasteiger partial charge is 0.225 e. The first kappa shape index (κ1) is 16.4. The standard InChI is InChI=1S/C18H22FN5O/c19-16-10-21-17(22-11-16)24-7-1-4-18(14-24)13-23(8-9-25-18)12-15-2-5-20-6-3-15/h2-3,5-6,10-11H,1,4,7-9,12-14H2/t18-/m1/s1. The van der Waals surface area contributed by atoms with E-state index in [1.165, 1.54) is 18.0 Å². The van der Waals surface area contributed by atoms with Crippen LogP contribution in [0.1, 0.15) is 18.4 Å². The molecule has 2 aliphatic heterocycles. The Hall–Kier alpha value is -2.12. The lowest BCUT2D eigenvalue weighted by Gasteiger charge is -2.48. The van der Waals surface area contributed by atoms with Crippen LogP contribution < -0.4 is 4.90 Å². The molecular weight excluding hydrogens is 321 g/mol. The molecule has 4 rings (SSSR count). The summed E-state index contributed by atoms with van der Waals surface area (Å²) in [5.41, 5.74) is 1.06. The van der Waals surface area contributed by atoms with Crippen molar-refractivity contribution in [2.45, 2.75) is 25.0 Å². The average molecular weight is 343 g/mol. The molecule has 4 heterocycles. The van der Waals surface area contributed by atoms with Crippen molar-refractivity contribution in [2.24, 2.45) is 0 Å². The Labute approximate surface area is 146 Å². The highest BCUT2D eigenvalue weighted by Gasteiger charge is 2.41. The fraction of sp³-hybridized carbons (Fsp3) is 0.500. The number of aromatic nitrogens is 3. The molecule has 2 aromatic heterocycles. The van der Waals surface area contributed by atoms with Gasteiger partial charge >= 0.3 is 0 Å². The van der Waals surface area contributed by atoms with Gasteiger partial charge in [0.05, 0.1) is 31.1 Å². The van der Waals surface area contributed by atoms with Crippen LogP contribution in [0, 0.1) is 5.82 Å². The van der Waals surface area contributed by atoms with E-state index in [2.05, 4.69) is 36.9 Å². The highest BCUT2D eigenvalue weighted by Crippen LogP contribution is 2.31. The molecule has 7 heteroatoms. The number of morpholine rings is 1. The number of anilines is 1. The van der Waals surface area contributed by atoms with E-state index in [4.69, 9.17) is 4.74 Å². The zero-order chi connectivity index (χ0) is 17.1. The Balaban J connectivity index is 1.45. The van der Waals surface area contributed by atoms with Crippen molar-refractivity contribution < 1.29 is 9.13 Å². The summed E-state index contributed by atoms with van der Waals surface area (Å²) in [5.74, 6) is 0.170. The third kappa shape index (κ3) is 3.77. The van der Waals surface area contributed by atoms with E-state index in [-0.39, 0.29) is 5.60 Å². The van der Waals surface area contributed by atoms with Gasteiger partial charge in [-0.05, 0) is 30.5 Å². The van der Waals surface area contributed by atoms with Gasteiger partial charge < -0.3 is 9.64 Å². The highest BCUT2D eigenvalue weighted by atomic mass is 19.1. The monoisotopic (exact) mass is 343 g/mol. The molecule has 1 atom stereocenters. The van der Waals surface area contributed by atoms with Crippen molar-refractivity contribution >= 4 is 5.95 Å². The van der Waals surface area contributed by atoms with Crippen molar-refractivity contribution in [3.05, 3.63) is 48.3 Å². The van der Waals surface area contributed by atoms with Gasteiger partial charge in [0.2, 0.25) is 5.95 Å². The zero-order valence-corrected chi connectivity index (χ0v) is 14.1. The van der Waals surface area contributed by atoms with Crippen LogP contribution >= 0.6 is 0 Å². The summed E-state index contributed by atoms with van der Waals surface area (Å²) in [6.07, 6.45) is 8.16. The lowest BCUT2D eigenvalue weighted by Crippen LogP contribution is -2.59. The number of hydrogen-bond donors (Lipinski definition) is 0. The zero-order valence-electron chi connectivity index (χ0n) is 14.1. The van der Waals surface area contributed by atoms with E-state index in [0.29, 0.717) is 5.95 Å². The summed E-state index contributed by atoms with van der Waals surface area (Å²) in [5, 5.41) is 0. The minimum Gasteiger partial charge on any atom is -0.370 e. The van der Waals surface area contributed by atoms with Gasteiger partial charge in [0.1, 0.15) is 0 Å². The van der Waals surface area contributed by atoms with E-state index in [0.717, 1.165) is 52.2 Å². The van der Waals surface area contributed by atoms with Crippen molar-refractivity contribution in [1.29, 1.82) is 0 Å². The molecule has 6 nitrogen and oxygen atoms in total. The van der Waals surface area contributed by atoms with Gasteiger partial charge in [-0.15, -0.1) is 0 Å². The van der Waals surface area contributed by atoms with Gasteiger partial charge in [-0.3, -0.25) is 9.88 Å². The Morgan fingerprint density at radius 2 is 1.92 bits per heavy atom. The van der Waals surface area contributed by atoms with Crippen LogP contribution in [0.3, 0.4) is 0 Å². The average Bonchev–Trinajstić information content (AvgIpc) is 2.63. The fourth-order valence-electron chi connectivity index (χ4n) is 3.79. The first-order chi connectivity index (χ1) is 12.2. The predicted molar refractivity (Wildman–Crippen MR) is 91.6 cm³/mol. The van der Waals surface area contributed by atoms with Crippen LogP contribution in [0.25, 0.3) is 0 Å². The number of pyridine rings is 1. The van der Waals surface area contributed by atoms with Crippen LogP contribution in [0.5, 0.6) is 0 Å². The first-order valence-electron chi connectivity index (χ1n) is 8.70. The second kappa shape index (κ2) is 7.01. The molecule has 0 saturated carbocycles. The quantitative estimate of drug-likeness (QED) is 0.848. The van der Waals surface area contributed by atoms with Gasteiger partial charge in [-0.1, -0.05) is 0 Å². The minimum absolute atomic E-state index is 0.207. The van der Waals surface area contributed by atoms with Crippen LogP contribution in [0.2, 0.25) is 0 Å². The second-order valence-corrected chi connectivity index (χ2v) is 6.82. The molecule has 0 aliphatic carbocycles. The van der Waals surface area contributed by atoms with Crippen LogP contribution in [-0.2, 0) is 11.3 Å². The molecule has 2 aromatic rings. The van der Waals surface area contributed by atoms with Crippen molar-refractivity contribution in [3.8, 4) is 0 Å². The van der Waals surface area contributed by atoms with E-state index in [1.807, 2.05) is 12.4 Å².